The number of ether oxygens (including phenoxy) is 1. The monoisotopic (exact) mass is 264 g/mol. The number of aryl methyl sites for hydroxylation is 1. The van der Waals surface area contributed by atoms with Crippen molar-refractivity contribution in [2.75, 3.05) is 6.61 Å². The lowest BCUT2D eigenvalue weighted by Gasteiger charge is -2.26. The van der Waals surface area contributed by atoms with Crippen molar-refractivity contribution < 1.29 is 4.74 Å². The summed E-state index contributed by atoms with van der Waals surface area (Å²) in [5, 5.41) is 2.57. The van der Waals surface area contributed by atoms with E-state index < -0.39 is 0 Å². The van der Waals surface area contributed by atoms with Crippen molar-refractivity contribution in [3.63, 3.8) is 0 Å². The highest BCUT2D eigenvalue weighted by Gasteiger charge is 2.24. The van der Waals surface area contributed by atoms with Crippen LogP contribution < -0.4 is 0 Å². The molecule has 2 heterocycles. The highest BCUT2D eigenvalue weighted by atomic mass is 16.5. The molecule has 1 aliphatic heterocycles. The molecule has 0 aliphatic carbocycles. The van der Waals surface area contributed by atoms with Crippen LogP contribution in [0, 0.1) is 6.92 Å². The summed E-state index contributed by atoms with van der Waals surface area (Å²) in [7, 11) is 0. The molecule has 1 aromatic heterocycles. The van der Waals surface area contributed by atoms with E-state index in [1.165, 1.54) is 21.9 Å². The first-order valence-corrected chi connectivity index (χ1v) is 6.94. The summed E-state index contributed by atoms with van der Waals surface area (Å²) in [6, 6.07) is 12.9. The summed E-state index contributed by atoms with van der Waals surface area (Å²) < 4.78 is 8.22. The lowest BCUT2D eigenvalue weighted by Crippen LogP contribution is -2.21. The molecule has 3 aromatic rings. The molecule has 0 fully saturated rings. The van der Waals surface area contributed by atoms with E-state index in [-0.39, 0.29) is 6.10 Å². The molecule has 100 valence electrons. The largest absolute Gasteiger partial charge is 0.365 e. The molecule has 3 nitrogen and oxygen atoms in total. The van der Waals surface area contributed by atoms with Crippen LogP contribution in [0.15, 0.2) is 48.9 Å². The summed E-state index contributed by atoms with van der Waals surface area (Å²) >= 11 is 0. The molecule has 0 saturated heterocycles. The van der Waals surface area contributed by atoms with Gasteiger partial charge < -0.3 is 9.30 Å². The Bertz CT molecular complexity index is 776. The number of hydrogen-bond acceptors (Lipinski definition) is 2. The molecule has 0 radical (unpaired) electrons. The normalized spacial score (nSPS) is 18.1. The van der Waals surface area contributed by atoms with Crippen LogP contribution in [-0.2, 0) is 11.3 Å². The van der Waals surface area contributed by atoms with Crippen LogP contribution in [-0.4, -0.2) is 16.2 Å². The summed E-state index contributed by atoms with van der Waals surface area (Å²) in [4.78, 5) is 4.26. The minimum atomic E-state index is -0.0169. The Morgan fingerprint density at radius 2 is 2.00 bits per heavy atom. The van der Waals surface area contributed by atoms with Crippen LogP contribution in [0.25, 0.3) is 10.8 Å². The zero-order chi connectivity index (χ0) is 13.5. The fourth-order valence-electron chi connectivity index (χ4n) is 3.04. The third kappa shape index (κ3) is 1.67. The summed E-state index contributed by atoms with van der Waals surface area (Å²) in [6.07, 6.45) is 3.79. The Morgan fingerprint density at radius 3 is 2.90 bits per heavy atom. The second-order valence-corrected chi connectivity index (χ2v) is 5.28. The van der Waals surface area contributed by atoms with Crippen molar-refractivity contribution in [3.8, 4) is 0 Å². The van der Waals surface area contributed by atoms with Gasteiger partial charge in [-0.25, -0.2) is 4.98 Å². The van der Waals surface area contributed by atoms with E-state index in [9.17, 15) is 0 Å². The highest BCUT2D eigenvalue weighted by molar-refractivity contribution is 5.89. The van der Waals surface area contributed by atoms with Crippen LogP contribution in [0.3, 0.4) is 0 Å². The van der Waals surface area contributed by atoms with Gasteiger partial charge >= 0.3 is 0 Å². The number of benzene rings is 2. The first-order chi connectivity index (χ1) is 9.84. The quantitative estimate of drug-likeness (QED) is 0.673. The molecule has 1 unspecified atom stereocenters. The average Bonchev–Trinajstić information content (AvgIpc) is 2.97. The van der Waals surface area contributed by atoms with E-state index in [1.54, 1.807) is 0 Å². The third-order valence-corrected chi connectivity index (χ3v) is 4.09. The van der Waals surface area contributed by atoms with Gasteiger partial charge in [-0.05, 0) is 28.8 Å². The Morgan fingerprint density at radius 1 is 1.15 bits per heavy atom. The van der Waals surface area contributed by atoms with Crippen LogP contribution in [0.2, 0.25) is 0 Å². The van der Waals surface area contributed by atoms with E-state index in [0.29, 0.717) is 0 Å². The molecule has 4 rings (SSSR count). The Kier molecular flexibility index (Phi) is 2.60. The lowest BCUT2D eigenvalue weighted by atomic mass is 9.95. The fraction of sp³-hybridized carbons (Fsp3) is 0.235. The van der Waals surface area contributed by atoms with E-state index in [2.05, 4.69) is 52.9 Å². The predicted octanol–water partition coefficient (Wildman–Crippen LogP) is 3.46. The predicted molar refractivity (Wildman–Crippen MR) is 78.7 cm³/mol. The van der Waals surface area contributed by atoms with Crippen molar-refractivity contribution in [1.29, 1.82) is 0 Å². The van der Waals surface area contributed by atoms with Gasteiger partial charge in [0.1, 0.15) is 6.10 Å². The zero-order valence-corrected chi connectivity index (χ0v) is 11.4. The molecule has 0 bridgehead atoms. The number of aromatic nitrogens is 2. The molecule has 1 aliphatic rings. The minimum absolute atomic E-state index is 0.0169. The van der Waals surface area contributed by atoms with Crippen molar-refractivity contribution in [2.45, 2.75) is 19.6 Å². The van der Waals surface area contributed by atoms with E-state index in [1.807, 2.05) is 12.5 Å². The molecule has 0 N–H and O–H groups in total. The van der Waals surface area contributed by atoms with Gasteiger partial charge in [-0.15, -0.1) is 0 Å². The van der Waals surface area contributed by atoms with Crippen LogP contribution in [0.5, 0.6) is 0 Å². The molecule has 3 heteroatoms. The van der Waals surface area contributed by atoms with E-state index in [4.69, 9.17) is 4.74 Å². The Balaban J connectivity index is 1.95. The first kappa shape index (κ1) is 11.7. The van der Waals surface area contributed by atoms with Gasteiger partial charge in [-0.2, -0.15) is 0 Å². The van der Waals surface area contributed by atoms with Gasteiger partial charge in [0, 0.05) is 6.54 Å². The number of imidazole rings is 1. The fourth-order valence-corrected chi connectivity index (χ4v) is 3.04. The molecule has 2 aromatic carbocycles. The second kappa shape index (κ2) is 4.46. The molecule has 20 heavy (non-hydrogen) atoms. The van der Waals surface area contributed by atoms with Gasteiger partial charge in [0.2, 0.25) is 0 Å². The third-order valence-electron chi connectivity index (χ3n) is 4.09. The van der Waals surface area contributed by atoms with Gasteiger partial charge in [0.25, 0.3) is 0 Å². The summed E-state index contributed by atoms with van der Waals surface area (Å²) in [5.41, 5.74) is 3.67. The maximum Gasteiger partial charge on any atom is 0.125 e. The van der Waals surface area contributed by atoms with E-state index >= 15 is 0 Å². The maximum atomic E-state index is 6.04. The lowest BCUT2D eigenvalue weighted by molar-refractivity contribution is 0.0473. The van der Waals surface area contributed by atoms with E-state index in [0.717, 1.165) is 18.8 Å². The molecular formula is C17H16N2O. The van der Waals surface area contributed by atoms with Gasteiger partial charge in [-0.1, -0.05) is 36.4 Å². The number of fused-ring (bicyclic) bond motifs is 2. The smallest absolute Gasteiger partial charge is 0.125 e. The first-order valence-electron chi connectivity index (χ1n) is 6.94. The molecular weight excluding hydrogens is 248 g/mol. The van der Waals surface area contributed by atoms with Crippen molar-refractivity contribution in [2.24, 2.45) is 0 Å². The standard InChI is InChI=1S/C17H16N2O/c1-12-6-7-15(14-5-3-2-4-13(12)14)17-16-10-18-11-19(16)8-9-20-17/h2-7,10-11,17H,8-9H2,1H3. The van der Waals surface area contributed by atoms with Gasteiger partial charge in [0.05, 0.1) is 24.8 Å². The number of nitrogens with zero attached hydrogens (tertiary/aromatic N) is 2. The van der Waals surface area contributed by atoms with Crippen LogP contribution in [0.1, 0.15) is 22.9 Å². The summed E-state index contributed by atoms with van der Waals surface area (Å²) in [5.74, 6) is 0. The van der Waals surface area contributed by atoms with Crippen LogP contribution >= 0.6 is 0 Å². The van der Waals surface area contributed by atoms with Crippen LogP contribution in [0.4, 0.5) is 0 Å². The topological polar surface area (TPSA) is 27.1 Å². The van der Waals surface area contributed by atoms with Crippen molar-refractivity contribution in [3.05, 3.63) is 65.7 Å². The highest BCUT2D eigenvalue weighted by Crippen LogP contribution is 2.34. The minimum Gasteiger partial charge on any atom is -0.365 e. The molecule has 0 saturated carbocycles. The molecule has 1 atom stereocenters. The zero-order valence-electron chi connectivity index (χ0n) is 11.4. The van der Waals surface area contributed by atoms with Crippen molar-refractivity contribution >= 4 is 10.8 Å². The molecule has 0 amide bonds. The number of hydrogen-bond donors (Lipinski definition) is 0. The molecule has 0 spiro atoms. The second-order valence-electron chi connectivity index (χ2n) is 5.28. The Labute approximate surface area is 117 Å². The Hall–Kier alpha value is -2.13. The van der Waals surface area contributed by atoms with Gasteiger partial charge in [0.15, 0.2) is 0 Å². The average molecular weight is 264 g/mol. The number of rotatable bonds is 1. The van der Waals surface area contributed by atoms with Gasteiger partial charge in [-0.3, -0.25) is 0 Å². The maximum absolute atomic E-state index is 6.04. The summed E-state index contributed by atoms with van der Waals surface area (Å²) in [6.45, 7) is 3.77. The van der Waals surface area contributed by atoms with Crippen molar-refractivity contribution in [1.82, 2.24) is 9.55 Å². The SMILES string of the molecule is Cc1ccc(C2OCCn3cncc32)c2ccccc12.